The lowest BCUT2D eigenvalue weighted by Gasteiger charge is -2.36. The van der Waals surface area contributed by atoms with Crippen molar-refractivity contribution in [2.45, 2.75) is 96.8 Å². The molecule has 0 aromatic heterocycles. The van der Waals surface area contributed by atoms with Crippen LogP contribution < -0.4 is 0 Å². The van der Waals surface area contributed by atoms with Gasteiger partial charge in [-0.2, -0.15) is 0 Å². The van der Waals surface area contributed by atoms with Gasteiger partial charge in [-0.15, -0.1) is 0 Å². The Hall–Kier alpha value is -1.70. The average molecular weight is 453 g/mol. The van der Waals surface area contributed by atoms with Gasteiger partial charge in [0.1, 0.15) is 0 Å². The maximum atomic E-state index is 13.6. The topological polar surface area (TPSA) is 0 Å². The molecule has 0 radical (unpaired) electrons. The predicted molar refractivity (Wildman–Crippen MR) is 135 cm³/mol. The van der Waals surface area contributed by atoms with Crippen molar-refractivity contribution in [3.05, 3.63) is 59.7 Å². The van der Waals surface area contributed by atoms with E-state index in [-0.39, 0.29) is 0 Å². The summed E-state index contributed by atoms with van der Waals surface area (Å²) in [5, 5.41) is 0. The number of halogens is 2. The van der Waals surface area contributed by atoms with Gasteiger partial charge < -0.3 is 0 Å². The molecule has 0 nitrogen and oxygen atoms in total. The van der Waals surface area contributed by atoms with E-state index in [0.717, 1.165) is 34.8 Å². The van der Waals surface area contributed by atoms with Crippen molar-refractivity contribution in [3.8, 4) is 11.1 Å². The summed E-state index contributed by atoms with van der Waals surface area (Å²) in [6.45, 7) is 4.84. The molecule has 1 unspecified atom stereocenters. The van der Waals surface area contributed by atoms with Crippen LogP contribution in [0.5, 0.6) is 0 Å². The zero-order valence-corrected chi connectivity index (χ0v) is 20.7. The summed E-state index contributed by atoms with van der Waals surface area (Å²) in [7, 11) is 0. The molecule has 2 aromatic carbocycles. The number of benzene rings is 2. The first-order valence-electron chi connectivity index (χ1n) is 13.6. The van der Waals surface area contributed by atoms with Gasteiger partial charge in [-0.1, -0.05) is 76.3 Å². The normalized spacial score (nSPS) is 26.8. The van der Waals surface area contributed by atoms with Crippen molar-refractivity contribution in [2.75, 3.05) is 0 Å². The smallest absolute Gasteiger partial charge is 0.159 e. The summed E-state index contributed by atoms with van der Waals surface area (Å²) in [5.41, 5.74) is 3.08. The van der Waals surface area contributed by atoms with Crippen LogP contribution in [0.15, 0.2) is 42.5 Å². The maximum absolute atomic E-state index is 13.6. The summed E-state index contributed by atoms with van der Waals surface area (Å²) >= 11 is 0. The summed E-state index contributed by atoms with van der Waals surface area (Å²) in [5.74, 6) is 2.82. The van der Waals surface area contributed by atoms with Crippen molar-refractivity contribution in [3.63, 3.8) is 0 Å². The summed E-state index contributed by atoms with van der Waals surface area (Å²) in [6.07, 6.45) is 16.8. The first-order chi connectivity index (χ1) is 16.0. The van der Waals surface area contributed by atoms with Gasteiger partial charge in [0.2, 0.25) is 0 Å². The molecule has 0 saturated heterocycles. The molecular weight excluding hydrogens is 410 g/mol. The molecule has 0 heterocycles. The Morgan fingerprint density at radius 2 is 1.39 bits per heavy atom. The molecular formula is C31H42F2. The Kier molecular flexibility index (Phi) is 8.61. The van der Waals surface area contributed by atoms with Gasteiger partial charge in [-0.05, 0) is 103 Å². The molecule has 0 spiro atoms. The highest BCUT2D eigenvalue weighted by Crippen LogP contribution is 2.42. The zero-order chi connectivity index (χ0) is 23.2. The quantitative estimate of drug-likeness (QED) is 0.374. The minimum Gasteiger partial charge on any atom is -0.204 e. The van der Waals surface area contributed by atoms with Crippen LogP contribution in [0, 0.1) is 35.3 Å². The van der Waals surface area contributed by atoms with Crippen molar-refractivity contribution in [1.82, 2.24) is 0 Å². The standard InChI is InChI=1S/C31H42F2/c1-3-4-5-23-6-10-25(11-7-23)22(2)20-24-8-12-26(13-9-24)27-14-16-28(17-15-27)29-18-19-30(32)31(33)21-29/h14-19,21-26H,3-13,20H2,1-2H3. The molecule has 0 amide bonds. The summed E-state index contributed by atoms with van der Waals surface area (Å²) in [4.78, 5) is 0. The van der Waals surface area contributed by atoms with Crippen LogP contribution in [0.1, 0.15) is 102 Å². The summed E-state index contributed by atoms with van der Waals surface area (Å²) in [6, 6.07) is 12.7. The Morgan fingerprint density at radius 3 is 2.03 bits per heavy atom. The van der Waals surface area contributed by atoms with Gasteiger partial charge >= 0.3 is 0 Å². The fourth-order valence-corrected chi connectivity index (χ4v) is 6.61. The van der Waals surface area contributed by atoms with Crippen molar-refractivity contribution < 1.29 is 8.78 Å². The lowest BCUT2D eigenvalue weighted by atomic mass is 9.70. The highest BCUT2D eigenvalue weighted by molar-refractivity contribution is 5.63. The van der Waals surface area contributed by atoms with E-state index in [0.29, 0.717) is 5.92 Å². The lowest BCUT2D eigenvalue weighted by Crippen LogP contribution is -2.23. The Balaban J connectivity index is 1.23. The average Bonchev–Trinajstić information content (AvgIpc) is 2.85. The van der Waals surface area contributed by atoms with Crippen LogP contribution in [0.4, 0.5) is 8.78 Å². The molecule has 4 rings (SSSR count). The predicted octanol–water partition coefficient (Wildman–Crippen LogP) is 9.93. The second-order valence-corrected chi connectivity index (χ2v) is 11.1. The number of unbranched alkanes of at least 4 members (excludes halogenated alkanes) is 1. The van der Waals surface area contributed by atoms with E-state index in [1.165, 1.54) is 94.7 Å². The Labute approximate surface area is 200 Å². The molecule has 2 aliphatic carbocycles. The Morgan fingerprint density at radius 1 is 0.758 bits per heavy atom. The second-order valence-electron chi connectivity index (χ2n) is 11.1. The molecule has 2 fully saturated rings. The van der Waals surface area contributed by atoms with Gasteiger partial charge in [0, 0.05) is 0 Å². The molecule has 0 N–H and O–H groups in total. The third-order valence-electron chi connectivity index (χ3n) is 8.85. The molecule has 2 aromatic rings. The van der Waals surface area contributed by atoms with Crippen LogP contribution in [0.2, 0.25) is 0 Å². The second kappa shape index (κ2) is 11.6. The Bertz CT molecular complexity index is 855. The summed E-state index contributed by atoms with van der Waals surface area (Å²) < 4.78 is 26.8. The molecule has 2 aliphatic rings. The minimum absolute atomic E-state index is 0.643. The SMILES string of the molecule is CCCCC1CCC(C(C)CC2CCC(c3ccc(-c4ccc(F)c(F)c4)cc3)CC2)CC1. The van der Waals surface area contributed by atoms with E-state index < -0.39 is 11.6 Å². The highest BCUT2D eigenvalue weighted by atomic mass is 19.2. The molecule has 33 heavy (non-hydrogen) atoms. The van der Waals surface area contributed by atoms with Gasteiger partial charge in [0.15, 0.2) is 11.6 Å². The van der Waals surface area contributed by atoms with E-state index in [1.54, 1.807) is 6.07 Å². The number of rotatable bonds is 8. The highest BCUT2D eigenvalue weighted by Gasteiger charge is 2.29. The minimum atomic E-state index is -0.791. The fourth-order valence-electron chi connectivity index (χ4n) is 6.61. The zero-order valence-electron chi connectivity index (χ0n) is 20.7. The molecule has 0 aliphatic heterocycles. The first-order valence-corrected chi connectivity index (χ1v) is 13.6. The van der Waals surface area contributed by atoms with Gasteiger partial charge in [-0.25, -0.2) is 8.78 Å². The van der Waals surface area contributed by atoms with Gasteiger partial charge in [-0.3, -0.25) is 0 Å². The van der Waals surface area contributed by atoms with Crippen molar-refractivity contribution in [1.29, 1.82) is 0 Å². The van der Waals surface area contributed by atoms with Crippen molar-refractivity contribution >= 4 is 0 Å². The van der Waals surface area contributed by atoms with E-state index in [1.807, 2.05) is 0 Å². The van der Waals surface area contributed by atoms with Crippen LogP contribution >= 0.6 is 0 Å². The lowest BCUT2D eigenvalue weighted by molar-refractivity contribution is 0.169. The fraction of sp³-hybridized carbons (Fsp3) is 0.613. The maximum Gasteiger partial charge on any atom is 0.159 e. The van der Waals surface area contributed by atoms with E-state index in [9.17, 15) is 8.78 Å². The van der Waals surface area contributed by atoms with Crippen LogP contribution in [0.25, 0.3) is 11.1 Å². The molecule has 0 bridgehead atoms. The van der Waals surface area contributed by atoms with Crippen LogP contribution in [0.3, 0.4) is 0 Å². The first kappa shape index (κ1) is 24.4. The third-order valence-corrected chi connectivity index (χ3v) is 8.85. The van der Waals surface area contributed by atoms with Gasteiger partial charge in [0.05, 0.1) is 0 Å². The molecule has 2 saturated carbocycles. The number of hydrogen-bond donors (Lipinski definition) is 0. The van der Waals surface area contributed by atoms with Gasteiger partial charge in [0.25, 0.3) is 0 Å². The number of hydrogen-bond acceptors (Lipinski definition) is 0. The monoisotopic (exact) mass is 452 g/mol. The van der Waals surface area contributed by atoms with Crippen molar-refractivity contribution in [2.24, 2.45) is 23.7 Å². The molecule has 1 atom stereocenters. The van der Waals surface area contributed by atoms with E-state index in [4.69, 9.17) is 0 Å². The third kappa shape index (κ3) is 6.46. The largest absolute Gasteiger partial charge is 0.204 e. The molecule has 2 heteroatoms. The van der Waals surface area contributed by atoms with Crippen LogP contribution in [-0.2, 0) is 0 Å². The molecule has 180 valence electrons. The van der Waals surface area contributed by atoms with E-state index >= 15 is 0 Å². The van der Waals surface area contributed by atoms with E-state index in [2.05, 4.69) is 38.1 Å². The van der Waals surface area contributed by atoms with Crippen LogP contribution in [-0.4, -0.2) is 0 Å².